The van der Waals surface area contributed by atoms with Gasteiger partial charge in [0, 0.05) is 19.7 Å². The van der Waals surface area contributed by atoms with Gasteiger partial charge in [-0.3, -0.25) is 4.79 Å². The first kappa shape index (κ1) is 14.2. The van der Waals surface area contributed by atoms with Crippen molar-refractivity contribution in [2.24, 2.45) is 0 Å². The number of hydrogen-bond donors (Lipinski definition) is 1. The Balaban J connectivity index is 1.65. The molecule has 3 rings (SSSR count). The first-order valence-electron chi connectivity index (χ1n) is 7.08. The zero-order valence-corrected chi connectivity index (χ0v) is 12.0. The third-order valence-corrected chi connectivity index (χ3v) is 3.55. The van der Waals surface area contributed by atoms with Gasteiger partial charge in [-0.25, -0.2) is 0 Å². The van der Waals surface area contributed by atoms with Crippen molar-refractivity contribution in [2.75, 3.05) is 32.1 Å². The quantitative estimate of drug-likeness (QED) is 0.839. The van der Waals surface area contributed by atoms with Crippen LogP contribution in [-0.4, -0.2) is 51.2 Å². The molecule has 111 valence electrons. The van der Waals surface area contributed by atoms with E-state index < -0.39 is 0 Å². The van der Waals surface area contributed by atoms with E-state index in [0.717, 1.165) is 31.7 Å². The SMILES string of the molecule is CO[B]N1CCC[C@@H](Oc2ccc3c(c2)NC(=O)CO3)C1. The molecule has 1 radical (unpaired) electrons. The van der Waals surface area contributed by atoms with E-state index in [2.05, 4.69) is 10.1 Å². The molecule has 6 nitrogen and oxygen atoms in total. The lowest BCUT2D eigenvalue weighted by molar-refractivity contribution is -0.118. The number of piperidine rings is 1. The van der Waals surface area contributed by atoms with Crippen LogP contribution in [0.4, 0.5) is 5.69 Å². The van der Waals surface area contributed by atoms with E-state index in [9.17, 15) is 4.79 Å². The number of benzene rings is 1. The third kappa shape index (κ3) is 3.48. The maximum absolute atomic E-state index is 11.3. The molecule has 0 aliphatic carbocycles. The number of carbonyl (C=O) groups excluding carboxylic acids is 1. The number of nitrogens with zero attached hydrogens (tertiary/aromatic N) is 1. The molecule has 0 spiro atoms. The van der Waals surface area contributed by atoms with Gasteiger partial charge in [0.15, 0.2) is 6.61 Å². The van der Waals surface area contributed by atoms with Crippen LogP contribution >= 0.6 is 0 Å². The fourth-order valence-electron chi connectivity index (χ4n) is 2.64. The normalized spacial score (nSPS) is 22.0. The van der Waals surface area contributed by atoms with Gasteiger partial charge in [0.25, 0.3) is 5.91 Å². The molecule has 1 atom stereocenters. The van der Waals surface area contributed by atoms with Gasteiger partial charge >= 0.3 is 7.62 Å². The highest BCUT2D eigenvalue weighted by Crippen LogP contribution is 2.32. The number of rotatable bonds is 4. The second-order valence-corrected chi connectivity index (χ2v) is 5.21. The molecule has 7 heteroatoms. The number of nitrogens with one attached hydrogen (secondary N) is 1. The van der Waals surface area contributed by atoms with Crippen molar-refractivity contribution in [3.63, 3.8) is 0 Å². The van der Waals surface area contributed by atoms with Crippen LogP contribution in [-0.2, 0) is 9.45 Å². The molecule has 2 aliphatic rings. The summed E-state index contributed by atoms with van der Waals surface area (Å²) in [6.45, 7) is 1.85. The van der Waals surface area contributed by atoms with Gasteiger partial charge in [-0.15, -0.1) is 0 Å². The van der Waals surface area contributed by atoms with Crippen molar-refractivity contribution in [3.8, 4) is 11.5 Å². The van der Waals surface area contributed by atoms with E-state index in [0.29, 0.717) is 11.4 Å². The molecule has 2 aliphatic heterocycles. The van der Waals surface area contributed by atoms with E-state index in [-0.39, 0.29) is 18.6 Å². The summed E-state index contributed by atoms with van der Waals surface area (Å²) in [7, 11) is 3.38. The summed E-state index contributed by atoms with van der Waals surface area (Å²) >= 11 is 0. The van der Waals surface area contributed by atoms with E-state index in [1.165, 1.54) is 0 Å². The Bertz CT molecular complexity index is 524. The van der Waals surface area contributed by atoms with Crippen molar-refractivity contribution in [1.29, 1.82) is 0 Å². The van der Waals surface area contributed by atoms with E-state index >= 15 is 0 Å². The molecule has 1 fully saturated rings. The minimum absolute atomic E-state index is 0.0671. The largest absolute Gasteiger partial charge is 0.489 e. The first-order valence-corrected chi connectivity index (χ1v) is 7.08. The predicted octanol–water partition coefficient (Wildman–Crippen LogP) is 1.04. The number of carbonyl (C=O) groups is 1. The molecule has 1 aromatic rings. The lowest BCUT2D eigenvalue weighted by atomic mass is 10.0. The van der Waals surface area contributed by atoms with Crippen LogP contribution in [0.2, 0.25) is 0 Å². The molecule has 2 heterocycles. The number of fused-ring (bicyclic) bond motifs is 1. The maximum atomic E-state index is 11.3. The van der Waals surface area contributed by atoms with Crippen molar-refractivity contribution in [1.82, 2.24) is 4.81 Å². The molecule has 1 amide bonds. The minimum Gasteiger partial charge on any atom is -0.489 e. The Morgan fingerprint density at radius 2 is 2.38 bits per heavy atom. The minimum atomic E-state index is -0.141. The maximum Gasteiger partial charge on any atom is 0.398 e. The molecule has 1 saturated heterocycles. The Kier molecular flexibility index (Phi) is 4.31. The molecular weight excluding hydrogens is 271 g/mol. The summed E-state index contributed by atoms with van der Waals surface area (Å²) in [4.78, 5) is 13.4. The molecule has 21 heavy (non-hydrogen) atoms. The summed E-state index contributed by atoms with van der Waals surface area (Å²) < 4.78 is 16.4. The van der Waals surface area contributed by atoms with Crippen LogP contribution in [0, 0.1) is 0 Å². The summed E-state index contributed by atoms with van der Waals surface area (Å²) in [5, 5.41) is 2.79. The second kappa shape index (κ2) is 6.36. The van der Waals surface area contributed by atoms with Crippen LogP contribution in [0.1, 0.15) is 12.8 Å². The van der Waals surface area contributed by atoms with Crippen LogP contribution in [0.25, 0.3) is 0 Å². The average molecular weight is 289 g/mol. The standard InChI is InChI=1S/C14H18BN2O4/c1-19-15-17-6-2-3-11(8-17)21-10-4-5-13-12(7-10)16-14(18)9-20-13/h4-5,7,11H,2-3,6,8-9H2,1H3,(H,16,18)/t11-/m1/s1. The Morgan fingerprint density at radius 1 is 1.48 bits per heavy atom. The van der Waals surface area contributed by atoms with Gasteiger partial charge in [-0.2, -0.15) is 0 Å². The van der Waals surface area contributed by atoms with Crippen molar-refractivity contribution >= 4 is 19.2 Å². The van der Waals surface area contributed by atoms with Crippen LogP contribution in [0.5, 0.6) is 11.5 Å². The van der Waals surface area contributed by atoms with Crippen molar-refractivity contribution in [3.05, 3.63) is 18.2 Å². The van der Waals surface area contributed by atoms with Crippen molar-refractivity contribution in [2.45, 2.75) is 18.9 Å². The zero-order valence-electron chi connectivity index (χ0n) is 12.0. The predicted molar refractivity (Wildman–Crippen MR) is 78.6 cm³/mol. The van der Waals surface area contributed by atoms with E-state index in [4.69, 9.17) is 14.1 Å². The molecular formula is C14H18BN2O4. The lowest BCUT2D eigenvalue weighted by Gasteiger charge is -2.32. The van der Waals surface area contributed by atoms with Gasteiger partial charge in [-0.05, 0) is 31.5 Å². The van der Waals surface area contributed by atoms with Crippen molar-refractivity contribution < 1.29 is 18.9 Å². The van der Waals surface area contributed by atoms with Gasteiger partial charge in [-0.1, -0.05) is 0 Å². The van der Waals surface area contributed by atoms with Gasteiger partial charge < -0.3 is 24.3 Å². The van der Waals surface area contributed by atoms with E-state index in [1.54, 1.807) is 14.7 Å². The molecule has 0 unspecified atom stereocenters. The van der Waals surface area contributed by atoms with Crippen LogP contribution in [0.15, 0.2) is 18.2 Å². The summed E-state index contributed by atoms with van der Waals surface area (Å²) in [6.07, 6.45) is 2.19. The zero-order chi connectivity index (χ0) is 14.7. The number of ether oxygens (including phenoxy) is 2. The molecule has 0 bridgehead atoms. The highest BCUT2D eigenvalue weighted by Gasteiger charge is 2.23. The fourth-order valence-corrected chi connectivity index (χ4v) is 2.64. The topological polar surface area (TPSA) is 60.0 Å². The molecule has 0 aromatic heterocycles. The summed E-state index contributed by atoms with van der Waals surface area (Å²) in [5.74, 6) is 1.28. The summed E-state index contributed by atoms with van der Waals surface area (Å²) in [5.41, 5.74) is 0.667. The van der Waals surface area contributed by atoms with Gasteiger partial charge in [0.2, 0.25) is 0 Å². The number of anilines is 1. The van der Waals surface area contributed by atoms with Crippen LogP contribution < -0.4 is 14.8 Å². The fraction of sp³-hybridized carbons (Fsp3) is 0.500. The second-order valence-electron chi connectivity index (χ2n) is 5.21. The molecule has 1 N–H and O–H groups in total. The highest BCUT2D eigenvalue weighted by molar-refractivity contribution is 6.23. The lowest BCUT2D eigenvalue weighted by Crippen LogP contribution is -2.43. The smallest absolute Gasteiger partial charge is 0.398 e. The first-order chi connectivity index (χ1) is 10.2. The van der Waals surface area contributed by atoms with Crippen LogP contribution in [0.3, 0.4) is 0 Å². The molecule has 0 saturated carbocycles. The average Bonchev–Trinajstić information content (AvgIpc) is 2.47. The Hall–Kier alpha value is -1.73. The highest BCUT2D eigenvalue weighted by atomic mass is 16.5. The number of amides is 1. The monoisotopic (exact) mass is 289 g/mol. The summed E-state index contributed by atoms with van der Waals surface area (Å²) in [6, 6.07) is 5.51. The third-order valence-electron chi connectivity index (χ3n) is 3.55. The van der Waals surface area contributed by atoms with Gasteiger partial charge in [0.1, 0.15) is 17.6 Å². The molecule has 1 aromatic carbocycles. The van der Waals surface area contributed by atoms with E-state index in [1.807, 2.05) is 18.2 Å². The Morgan fingerprint density at radius 3 is 3.24 bits per heavy atom. The van der Waals surface area contributed by atoms with Gasteiger partial charge in [0.05, 0.1) is 5.69 Å². The Labute approximate surface area is 124 Å². The number of hydrogen-bond acceptors (Lipinski definition) is 5.